The van der Waals surface area contributed by atoms with Crippen LogP contribution in [-0.4, -0.2) is 35.0 Å². The fourth-order valence-corrected chi connectivity index (χ4v) is 3.81. The van der Waals surface area contributed by atoms with Crippen molar-refractivity contribution in [3.63, 3.8) is 0 Å². The average Bonchev–Trinajstić information content (AvgIpc) is 3.33. The van der Waals surface area contributed by atoms with Gasteiger partial charge in [0.2, 0.25) is 0 Å². The number of para-hydroxylation sites is 1. The maximum Gasteiger partial charge on any atom is 0.191 e. The number of rotatable bonds is 6. The lowest BCUT2D eigenvalue weighted by Crippen LogP contribution is -2.03. The Kier molecular flexibility index (Phi) is 5.17. The number of hydrogen-bond acceptors (Lipinski definition) is 6. The Morgan fingerprint density at radius 3 is 2.63 bits per heavy atom. The topological polar surface area (TPSA) is 74.3 Å². The molecule has 0 bridgehead atoms. The standard InChI is InChI=1S/C18H16ClN7S/c1-2-25-17(13-7-6-8-14(19)11-13)21-22-18(25)27-12-16-20-23-24-26(16)15-9-4-3-5-10-15/h3-11H,2,12H2,1H3. The van der Waals surface area contributed by atoms with Gasteiger partial charge in [-0.25, -0.2) is 0 Å². The molecular weight excluding hydrogens is 382 g/mol. The van der Waals surface area contributed by atoms with E-state index in [0.717, 1.165) is 34.6 Å². The number of nitrogens with zero attached hydrogens (tertiary/aromatic N) is 7. The molecule has 7 nitrogen and oxygen atoms in total. The van der Waals surface area contributed by atoms with E-state index in [1.54, 1.807) is 16.4 Å². The second-order valence-electron chi connectivity index (χ2n) is 5.69. The van der Waals surface area contributed by atoms with Crippen LogP contribution in [0.25, 0.3) is 17.1 Å². The maximum atomic E-state index is 6.11. The molecule has 0 amide bonds. The van der Waals surface area contributed by atoms with Gasteiger partial charge in [0, 0.05) is 17.1 Å². The molecular formula is C18H16ClN7S. The molecule has 2 heterocycles. The van der Waals surface area contributed by atoms with Crippen LogP contribution in [0.4, 0.5) is 0 Å². The second-order valence-corrected chi connectivity index (χ2v) is 7.07. The highest BCUT2D eigenvalue weighted by molar-refractivity contribution is 7.98. The molecule has 0 radical (unpaired) electrons. The van der Waals surface area contributed by atoms with Gasteiger partial charge in [0.05, 0.1) is 11.4 Å². The summed E-state index contributed by atoms with van der Waals surface area (Å²) in [5.41, 5.74) is 1.87. The van der Waals surface area contributed by atoms with Gasteiger partial charge in [-0.3, -0.25) is 0 Å². The molecule has 27 heavy (non-hydrogen) atoms. The zero-order valence-electron chi connectivity index (χ0n) is 14.5. The van der Waals surface area contributed by atoms with E-state index in [2.05, 4.69) is 37.2 Å². The predicted molar refractivity (Wildman–Crippen MR) is 105 cm³/mol. The van der Waals surface area contributed by atoms with Gasteiger partial charge in [0.1, 0.15) is 0 Å². The van der Waals surface area contributed by atoms with Crippen LogP contribution in [0.3, 0.4) is 0 Å². The van der Waals surface area contributed by atoms with E-state index in [-0.39, 0.29) is 0 Å². The summed E-state index contributed by atoms with van der Waals surface area (Å²) in [5.74, 6) is 2.13. The van der Waals surface area contributed by atoms with Crippen molar-refractivity contribution in [1.82, 2.24) is 35.0 Å². The normalized spacial score (nSPS) is 11.0. The molecule has 0 unspecified atom stereocenters. The lowest BCUT2D eigenvalue weighted by Gasteiger charge is -2.08. The van der Waals surface area contributed by atoms with Crippen molar-refractivity contribution in [3.8, 4) is 17.1 Å². The summed E-state index contributed by atoms with van der Waals surface area (Å²) in [7, 11) is 0. The van der Waals surface area contributed by atoms with E-state index in [1.807, 2.05) is 54.6 Å². The smallest absolute Gasteiger partial charge is 0.191 e. The lowest BCUT2D eigenvalue weighted by atomic mass is 10.2. The number of tetrazole rings is 1. The third-order valence-corrected chi connectivity index (χ3v) is 5.18. The van der Waals surface area contributed by atoms with Gasteiger partial charge in [-0.2, -0.15) is 4.68 Å². The SMILES string of the molecule is CCn1c(SCc2nnnn2-c2ccccc2)nnc1-c1cccc(Cl)c1. The number of benzene rings is 2. The first-order valence-corrected chi connectivity index (χ1v) is 9.77. The van der Waals surface area contributed by atoms with Crippen LogP contribution in [0.15, 0.2) is 59.8 Å². The fourth-order valence-electron chi connectivity index (χ4n) is 2.72. The van der Waals surface area contributed by atoms with Gasteiger partial charge in [-0.1, -0.05) is 53.7 Å². The highest BCUT2D eigenvalue weighted by Crippen LogP contribution is 2.27. The van der Waals surface area contributed by atoms with Crippen molar-refractivity contribution in [2.45, 2.75) is 24.4 Å². The molecule has 0 fully saturated rings. The highest BCUT2D eigenvalue weighted by atomic mass is 35.5. The van der Waals surface area contributed by atoms with Crippen molar-refractivity contribution >= 4 is 23.4 Å². The molecule has 9 heteroatoms. The Bertz CT molecular complexity index is 1040. The monoisotopic (exact) mass is 397 g/mol. The molecule has 0 atom stereocenters. The Morgan fingerprint density at radius 1 is 1.00 bits per heavy atom. The molecule has 2 aromatic carbocycles. The minimum atomic E-state index is 0.579. The molecule has 136 valence electrons. The Labute approximate surface area is 165 Å². The van der Waals surface area contributed by atoms with Gasteiger partial charge in [0.25, 0.3) is 0 Å². The third kappa shape index (κ3) is 3.72. The van der Waals surface area contributed by atoms with Gasteiger partial charge < -0.3 is 4.57 Å². The maximum absolute atomic E-state index is 6.11. The first-order chi connectivity index (χ1) is 13.3. The van der Waals surface area contributed by atoms with Crippen molar-refractivity contribution in [3.05, 3.63) is 65.4 Å². The van der Waals surface area contributed by atoms with Gasteiger partial charge >= 0.3 is 0 Å². The van der Waals surface area contributed by atoms with Crippen LogP contribution in [0.5, 0.6) is 0 Å². The number of thioether (sulfide) groups is 1. The minimum Gasteiger partial charge on any atom is -0.302 e. The minimum absolute atomic E-state index is 0.579. The Balaban J connectivity index is 1.58. The molecule has 0 saturated carbocycles. The molecule has 0 spiro atoms. The summed E-state index contributed by atoms with van der Waals surface area (Å²) in [5, 5.41) is 22.2. The number of halogens is 1. The van der Waals surface area contributed by atoms with Crippen LogP contribution >= 0.6 is 23.4 Å². The summed E-state index contributed by atoms with van der Waals surface area (Å²) in [6.45, 7) is 2.82. The summed E-state index contributed by atoms with van der Waals surface area (Å²) in [6.07, 6.45) is 0. The van der Waals surface area contributed by atoms with E-state index in [0.29, 0.717) is 10.8 Å². The summed E-state index contributed by atoms with van der Waals surface area (Å²) in [6, 6.07) is 17.4. The third-order valence-electron chi connectivity index (χ3n) is 3.98. The van der Waals surface area contributed by atoms with Crippen LogP contribution in [0.2, 0.25) is 5.02 Å². The van der Waals surface area contributed by atoms with Gasteiger partial charge in [-0.15, -0.1) is 15.3 Å². The fraction of sp³-hybridized carbons (Fsp3) is 0.167. The van der Waals surface area contributed by atoms with Crippen LogP contribution in [-0.2, 0) is 12.3 Å². The highest BCUT2D eigenvalue weighted by Gasteiger charge is 2.15. The molecule has 4 rings (SSSR count). The predicted octanol–water partition coefficient (Wildman–Crippen LogP) is 3.89. The molecule has 0 aliphatic carbocycles. The quantitative estimate of drug-likeness (QED) is 0.459. The van der Waals surface area contributed by atoms with Gasteiger partial charge in [0.15, 0.2) is 16.8 Å². The zero-order chi connectivity index (χ0) is 18.6. The van der Waals surface area contributed by atoms with E-state index < -0.39 is 0 Å². The van der Waals surface area contributed by atoms with Crippen LogP contribution in [0.1, 0.15) is 12.7 Å². The lowest BCUT2D eigenvalue weighted by molar-refractivity contribution is 0.686. The van der Waals surface area contributed by atoms with Crippen molar-refractivity contribution in [2.24, 2.45) is 0 Å². The molecule has 0 aliphatic rings. The molecule has 0 aliphatic heterocycles. The van der Waals surface area contributed by atoms with Crippen molar-refractivity contribution < 1.29 is 0 Å². The average molecular weight is 398 g/mol. The number of hydrogen-bond donors (Lipinski definition) is 0. The molecule has 4 aromatic rings. The van der Waals surface area contributed by atoms with Crippen molar-refractivity contribution in [1.29, 1.82) is 0 Å². The number of aromatic nitrogens is 7. The van der Waals surface area contributed by atoms with E-state index in [1.165, 1.54) is 0 Å². The van der Waals surface area contributed by atoms with E-state index in [4.69, 9.17) is 11.6 Å². The van der Waals surface area contributed by atoms with E-state index in [9.17, 15) is 0 Å². The molecule has 2 aromatic heterocycles. The Hall–Kier alpha value is -2.71. The van der Waals surface area contributed by atoms with Crippen molar-refractivity contribution in [2.75, 3.05) is 0 Å². The Morgan fingerprint density at radius 2 is 1.85 bits per heavy atom. The summed E-state index contributed by atoms with van der Waals surface area (Å²) in [4.78, 5) is 0. The summed E-state index contributed by atoms with van der Waals surface area (Å²) < 4.78 is 3.80. The zero-order valence-corrected chi connectivity index (χ0v) is 16.1. The van der Waals surface area contributed by atoms with E-state index >= 15 is 0 Å². The largest absolute Gasteiger partial charge is 0.302 e. The van der Waals surface area contributed by atoms with Crippen LogP contribution < -0.4 is 0 Å². The first kappa shape index (κ1) is 17.7. The second kappa shape index (κ2) is 7.89. The first-order valence-electron chi connectivity index (χ1n) is 8.41. The molecule has 0 saturated heterocycles. The molecule has 0 N–H and O–H groups in total. The van der Waals surface area contributed by atoms with Gasteiger partial charge in [-0.05, 0) is 41.6 Å². The summed E-state index contributed by atoms with van der Waals surface area (Å²) >= 11 is 7.66. The van der Waals surface area contributed by atoms with Crippen LogP contribution in [0, 0.1) is 0 Å².